The highest BCUT2D eigenvalue weighted by Gasteiger charge is 2.16. The van der Waals surface area contributed by atoms with Crippen molar-refractivity contribution in [3.63, 3.8) is 0 Å². The zero-order chi connectivity index (χ0) is 17.5. The molecule has 1 aliphatic rings. The van der Waals surface area contributed by atoms with Crippen molar-refractivity contribution in [3.05, 3.63) is 65.5 Å². The predicted molar refractivity (Wildman–Crippen MR) is 93.3 cm³/mol. The van der Waals surface area contributed by atoms with Gasteiger partial charge in [-0.05, 0) is 61.2 Å². The van der Waals surface area contributed by atoms with Crippen LogP contribution in [0.1, 0.15) is 28.8 Å². The van der Waals surface area contributed by atoms with E-state index in [1.807, 2.05) is 0 Å². The van der Waals surface area contributed by atoms with Crippen LogP contribution in [0, 0.1) is 5.82 Å². The molecule has 1 heterocycles. The average Bonchev–Trinajstić information content (AvgIpc) is 3.15. The van der Waals surface area contributed by atoms with E-state index in [0.29, 0.717) is 25.1 Å². The van der Waals surface area contributed by atoms with Crippen LogP contribution in [0.3, 0.4) is 0 Å². The van der Waals surface area contributed by atoms with Crippen LogP contribution in [0.4, 0.5) is 4.39 Å². The standard InChI is InChI=1S/C20H22FNO3/c21-17-7-3-15(4-8-17)11-12-22-20(23)16-5-9-18(10-6-16)25-14-19-2-1-13-24-19/h3-10,19H,1-2,11-14H2,(H,22,23). The van der Waals surface area contributed by atoms with Gasteiger partial charge in [0.1, 0.15) is 18.2 Å². The van der Waals surface area contributed by atoms with Crippen molar-refractivity contribution in [1.82, 2.24) is 5.32 Å². The molecular formula is C20H22FNO3. The third kappa shape index (κ3) is 5.29. The van der Waals surface area contributed by atoms with Gasteiger partial charge in [-0.15, -0.1) is 0 Å². The molecule has 0 radical (unpaired) electrons. The fourth-order valence-electron chi connectivity index (χ4n) is 2.74. The zero-order valence-electron chi connectivity index (χ0n) is 14.0. The van der Waals surface area contributed by atoms with Crippen LogP contribution >= 0.6 is 0 Å². The maximum atomic E-state index is 12.8. The lowest BCUT2D eigenvalue weighted by molar-refractivity contribution is 0.0679. The van der Waals surface area contributed by atoms with Gasteiger partial charge in [-0.25, -0.2) is 4.39 Å². The van der Waals surface area contributed by atoms with Gasteiger partial charge in [0.25, 0.3) is 5.91 Å². The number of benzene rings is 2. The van der Waals surface area contributed by atoms with Crippen LogP contribution in [0.5, 0.6) is 5.75 Å². The Balaban J connectivity index is 1.42. The molecule has 25 heavy (non-hydrogen) atoms. The van der Waals surface area contributed by atoms with E-state index in [-0.39, 0.29) is 17.8 Å². The third-order valence-electron chi connectivity index (χ3n) is 4.19. The van der Waals surface area contributed by atoms with Crippen molar-refractivity contribution in [3.8, 4) is 5.75 Å². The lowest BCUT2D eigenvalue weighted by Crippen LogP contribution is -2.25. The van der Waals surface area contributed by atoms with Crippen molar-refractivity contribution >= 4 is 5.91 Å². The molecule has 1 atom stereocenters. The summed E-state index contributed by atoms with van der Waals surface area (Å²) in [5, 5.41) is 2.86. The first kappa shape index (κ1) is 17.4. The topological polar surface area (TPSA) is 47.6 Å². The molecule has 1 saturated heterocycles. The Morgan fingerprint density at radius 1 is 1.16 bits per heavy atom. The molecule has 1 amide bonds. The molecule has 0 aliphatic carbocycles. The summed E-state index contributed by atoms with van der Waals surface area (Å²) in [6, 6.07) is 13.4. The third-order valence-corrected chi connectivity index (χ3v) is 4.19. The second-order valence-corrected chi connectivity index (χ2v) is 6.10. The van der Waals surface area contributed by atoms with Crippen molar-refractivity contribution in [2.24, 2.45) is 0 Å². The fourth-order valence-corrected chi connectivity index (χ4v) is 2.74. The predicted octanol–water partition coefficient (Wildman–Crippen LogP) is 3.36. The summed E-state index contributed by atoms with van der Waals surface area (Å²) in [4.78, 5) is 12.1. The molecule has 1 aliphatic heterocycles. The highest BCUT2D eigenvalue weighted by atomic mass is 19.1. The lowest BCUT2D eigenvalue weighted by atomic mass is 10.1. The fraction of sp³-hybridized carbons (Fsp3) is 0.350. The van der Waals surface area contributed by atoms with Crippen LogP contribution in [0.15, 0.2) is 48.5 Å². The monoisotopic (exact) mass is 343 g/mol. The van der Waals surface area contributed by atoms with Crippen molar-refractivity contribution < 1.29 is 18.7 Å². The number of hydrogen-bond acceptors (Lipinski definition) is 3. The molecule has 5 heteroatoms. The molecule has 1 fully saturated rings. The largest absolute Gasteiger partial charge is 0.491 e. The maximum Gasteiger partial charge on any atom is 0.251 e. The van der Waals surface area contributed by atoms with Gasteiger partial charge in [0.15, 0.2) is 0 Å². The van der Waals surface area contributed by atoms with E-state index in [2.05, 4.69) is 5.32 Å². The van der Waals surface area contributed by atoms with Gasteiger partial charge in [0.05, 0.1) is 6.10 Å². The number of hydrogen-bond donors (Lipinski definition) is 1. The molecule has 4 nitrogen and oxygen atoms in total. The first-order valence-corrected chi connectivity index (χ1v) is 8.58. The molecule has 0 bridgehead atoms. The summed E-state index contributed by atoms with van der Waals surface area (Å²) in [5.41, 5.74) is 1.57. The molecule has 2 aromatic carbocycles. The normalized spacial score (nSPS) is 16.6. The second-order valence-electron chi connectivity index (χ2n) is 6.10. The Hall–Kier alpha value is -2.40. The minimum Gasteiger partial charge on any atom is -0.491 e. The van der Waals surface area contributed by atoms with Gasteiger partial charge in [-0.2, -0.15) is 0 Å². The van der Waals surface area contributed by atoms with E-state index in [4.69, 9.17) is 9.47 Å². The molecule has 0 spiro atoms. The minimum atomic E-state index is -0.255. The average molecular weight is 343 g/mol. The maximum absolute atomic E-state index is 12.8. The smallest absolute Gasteiger partial charge is 0.251 e. The summed E-state index contributed by atoms with van der Waals surface area (Å²) in [7, 11) is 0. The van der Waals surface area contributed by atoms with E-state index >= 15 is 0 Å². The number of rotatable bonds is 7. The van der Waals surface area contributed by atoms with E-state index < -0.39 is 0 Å². The van der Waals surface area contributed by atoms with Crippen LogP contribution in [0.25, 0.3) is 0 Å². The molecule has 2 aromatic rings. The van der Waals surface area contributed by atoms with E-state index in [0.717, 1.165) is 30.8 Å². The Morgan fingerprint density at radius 2 is 1.92 bits per heavy atom. The van der Waals surface area contributed by atoms with Gasteiger partial charge in [0.2, 0.25) is 0 Å². The summed E-state index contributed by atoms with van der Waals surface area (Å²) in [5.74, 6) is 0.348. The molecular weight excluding hydrogens is 321 g/mol. The number of nitrogens with one attached hydrogen (secondary N) is 1. The van der Waals surface area contributed by atoms with Crippen molar-refractivity contribution in [2.45, 2.75) is 25.4 Å². The summed E-state index contributed by atoms with van der Waals surface area (Å²) < 4.78 is 24.0. The minimum absolute atomic E-state index is 0.132. The zero-order valence-corrected chi connectivity index (χ0v) is 14.0. The molecule has 1 unspecified atom stereocenters. The highest BCUT2D eigenvalue weighted by molar-refractivity contribution is 5.94. The van der Waals surface area contributed by atoms with Crippen LogP contribution in [-0.2, 0) is 11.2 Å². The van der Waals surface area contributed by atoms with Crippen molar-refractivity contribution in [1.29, 1.82) is 0 Å². The summed E-state index contributed by atoms with van der Waals surface area (Å²) in [6.45, 7) is 1.86. The molecule has 3 rings (SSSR count). The Labute approximate surface area is 147 Å². The van der Waals surface area contributed by atoms with Gasteiger partial charge in [-0.3, -0.25) is 4.79 Å². The van der Waals surface area contributed by atoms with E-state index in [9.17, 15) is 9.18 Å². The number of ether oxygens (including phenoxy) is 2. The van der Waals surface area contributed by atoms with E-state index in [1.165, 1.54) is 12.1 Å². The van der Waals surface area contributed by atoms with Crippen LogP contribution < -0.4 is 10.1 Å². The van der Waals surface area contributed by atoms with Gasteiger partial charge >= 0.3 is 0 Å². The van der Waals surface area contributed by atoms with Crippen molar-refractivity contribution in [2.75, 3.05) is 19.8 Å². The second kappa shape index (κ2) is 8.62. The number of halogens is 1. The molecule has 0 saturated carbocycles. The van der Waals surface area contributed by atoms with Gasteiger partial charge in [-0.1, -0.05) is 12.1 Å². The molecule has 132 valence electrons. The lowest BCUT2D eigenvalue weighted by Gasteiger charge is -2.11. The van der Waals surface area contributed by atoms with Crippen LogP contribution in [0.2, 0.25) is 0 Å². The van der Waals surface area contributed by atoms with Crippen LogP contribution in [-0.4, -0.2) is 31.8 Å². The Kier molecular flexibility index (Phi) is 6.01. The highest BCUT2D eigenvalue weighted by Crippen LogP contribution is 2.16. The van der Waals surface area contributed by atoms with Gasteiger partial charge in [0, 0.05) is 18.7 Å². The summed E-state index contributed by atoms with van der Waals surface area (Å²) in [6.07, 6.45) is 2.96. The first-order valence-electron chi connectivity index (χ1n) is 8.58. The quantitative estimate of drug-likeness (QED) is 0.839. The van der Waals surface area contributed by atoms with E-state index in [1.54, 1.807) is 36.4 Å². The first-order chi connectivity index (χ1) is 12.2. The Bertz CT molecular complexity index is 679. The number of carbonyl (C=O) groups excluding carboxylic acids is 1. The number of amides is 1. The number of carbonyl (C=O) groups is 1. The van der Waals surface area contributed by atoms with Gasteiger partial charge < -0.3 is 14.8 Å². The molecule has 0 aromatic heterocycles. The Morgan fingerprint density at radius 3 is 2.60 bits per heavy atom. The SMILES string of the molecule is O=C(NCCc1ccc(F)cc1)c1ccc(OCC2CCCO2)cc1. The summed E-state index contributed by atoms with van der Waals surface area (Å²) >= 11 is 0. The molecule has 1 N–H and O–H groups in total.